The zero-order valence-corrected chi connectivity index (χ0v) is 24.9. The van der Waals surface area contributed by atoms with Crippen molar-refractivity contribution in [2.75, 3.05) is 19.8 Å². The number of aliphatic hydroxyl groups excluding tert-OH is 1. The Hall–Kier alpha value is -4.29. The smallest absolute Gasteiger partial charge is 0.416 e. The van der Waals surface area contributed by atoms with Crippen LogP contribution in [0.4, 0.5) is 18.0 Å². The second-order valence-electron chi connectivity index (χ2n) is 11.3. The standard InChI is InChI=1S/C32H35F3N4O5/c1-19(37-29(41)26-11-14-36-28(38-26)22-12-15-43-16-13-22)20-5-7-21(8-6-20)25-17-23(32(33,34)35)9-10-24(25)27(18-40)39-30(42)44-31(2,3)4/h5-12,14,17,19,27,40H,13,15-16,18H2,1-4H3,(H,37,41)(H,39,42)/t19-,27-/m1/s1. The highest BCUT2D eigenvalue weighted by Crippen LogP contribution is 2.36. The van der Waals surface area contributed by atoms with Gasteiger partial charge < -0.3 is 25.2 Å². The topological polar surface area (TPSA) is 123 Å². The minimum atomic E-state index is -4.61. The lowest BCUT2D eigenvalue weighted by Gasteiger charge is -2.25. The Balaban J connectivity index is 1.56. The summed E-state index contributed by atoms with van der Waals surface area (Å²) >= 11 is 0. The van der Waals surface area contributed by atoms with E-state index in [1.54, 1.807) is 52.0 Å². The van der Waals surface area contributed by atoms with E-state index in [-0.39, 0.29) is 16.8 Å². The normalized spacial score (nSPS) is 15.1. The van der Waals surface area contributed by atoms with Crippen molar-refractivity contribution in [1.82, 2.24) is 20.6 Å². The quantitative estimate of drug-likeness (QED) is 0.285. The summed E-state index contributed by atoms with van der Waals surface area (Å²) in [6.45, 7) is 7.24. The second kappa shape index (κ2) is 13.6. The number of hydrogen-bond acceptors (Lipinski definition) is 7. The molecule has 9 nitrogen and oxygen atoms in total. The number of aromatic nitrogens is 2. The fourth-order valence-electron chi connectivity index (χ4n) is 4.63. The molecule has 0 spiro atoms. The number of carbonyl (C=O) groups is 2. The number of alkyl carbamates (subject to hydrolysis) is 1. The zero-order chi connectivity index (χ0) is 32.1. The monoisotopic (exact) mass is 612 g/mol. The first kappa shape index (κ1) is 32.6. The van der Waals surface area contributed by atoms with Crippen molar-refractivity contribution >= 4 is 17.6 Å². The Morgan fingerprint density at radius 1 is 1.07 bits per heavy atom. The molecule has 2 heterocycles. The lowest BCUT2D eigenvalue weighted by atomic mass is 9.92. The van der Waals surface area contributed by atoms with E-state index in [4.69, 9.17) is 9.47 Å². The van der Waals surface area contributed by atoms with Crippen LogP contribution in [0.3, 0.4) is 0 Å². The summed E-state index contributed by atoms with van der Waals surface area (Å²) in [5.41, 5.74) is 0.989. The Bertz CT molecular complexity index is 1520. The van der Waals surface area contributed by atoms with Gasteiger partial charge in [-0.05, 0) is 80.1 Å². The van der Waals surface area contributed by atoms with Crippen LogP contribution in [0.2, 0.25) is 0 Å². The SMILES string of the molecule is C[C@@H](NC(=O)c1ccnc(C2=CCOCC2)n1)c1ccc(-c2cc(C(F)(F)F)ccc2[C@@H](CO)NC(=O)OC(C)(C)C)cc1. The Morgan fingerprint density at radius 3 is 2.41 bits per heavy atom. The molecule has 1 aromatic heterocycles. The molecule has 2 aromatic carbocycles. The number of aliphatic hydroxyl groups is 1. The van der Waals surface area contributed by atoms with Crippen LogP contribution in [-0.2, 0) is 15.7 Å². The molecule has 0 fully saturated rings. The Kier molecular flexibility index (Phi) is 10.1. The van der Waals surface area contributed by atoms with E-state index in [1.807, 2.05) is 6.08 Å². The molecule has 3 N–H and O–H groups in total. The summed E-state index contributed by atoms with van der Waals surface area (Å²) in [7, 11) is 0. The van der Waals surface area contributed by atoms with Gasteiger partial charge in [-0.25, -0.2) is 14.8 Å². The van der Waals surface area contributed by atoms with Crippen molar-refractivity contribution in [2.24, 2.45) is 0 Å². The number of halogens is 3. The first-order valence-electron chi connectivity index (χ1n) is 14.1. The fourth-order valence-corrected chi connectivity index (χ4v) is 4.63. The van der Waals surface area contributed by atoms with Gasteiger partial charge in [0.1, 0.15) is 11.3 Å². The molecule has 44 heavy (non-hydrogen) atoms. The molecule has 0 aliphatic carbocycles. The van der Waals surface area contributed by atoms with Crippen LogP contribution in [0.25, 0.3) is 16.7 Å². The number of rotatable bonds is 8. The van der Waals surface area contributed by atoms with Crippen LogP contribution in [0.15, 0.2) is 60.8 Å². The van der Waals surface area contributed by atoms with Gasteiger partial charge in [0, 0.05) is 6.20 Å². The number of nitrogens with one attached hydrogen (secondary N) is 2. The number of ether oxygens (including phenoxy) is 2. The van der Waals surface area contributed by atoms with E-state index < -0.39 is 48.0 Å². The molecule has 2 amide bonds. The Morgan fingerprint density at radius 2 is 1.80 bits per heavy atom. The predicted molar refractivity (Wildman–Crippen MR) is 157 cm³/mol. The maximum atomic E-state index is 13.7. The molecule has 12 heteroatoms. The third-order valence-electron chi connectivity index (χ3n) is 6.84. The third-order valence-corrected chi connectivity index (χ3v) is 6.84. The summed E-state index contributed by atoms with van der Waals surface area (Å²) in [5, 5.41) is 15.5. The largest absolute Gasteiger partial charge is 0.444 e. The van der Waals surface area contributed by atoms with E-state index in [0.29, 0.717) is 36.6 Å². The number of hydrogen-bond donors (Lipinski definition) is 3. The minimum Gasteiger partial charge on any atom is -0.444 e. The molecule has 3 aromatic rings. The molecule has 0 radical (unpaired) electrons. The van der Waals surface area contributed by atoms with E-state index in [2.05, 4.69) is 20.6 Å². The molecule has 1 aliphatic rings. The van der Waals surface area contributed by atoms with Gasteiger partial charge in [0.2, 0.25) is 0 Å². The zero-order valence-electron chi connectivity index (χ0n) is 24.9. The van der Waals surface area contributed by atoms with Crippen LogP contribution in [0, 0.1) is 0 Å². The second-order valence-corrected chi connectivity index (χ2v) is 11.3. The van der Waals surface area contributed by atoms with Gasteiger partial charge >= 0.3 is 12.3 Å². The first-order chi connectivity index (χ1) is 20.7. The summed E-state index contributed by atoms with van der Waals surface area (Å²) in [6.07, 6.45) is -1.37. The summed E-state index contributed by atoms with van der Waals surface area (Å²) in [4.78, 5) is 34.1. The molecular weight excluding hydrogens is 577 g/mol. The maximum absolute atomic E-state index is 13.7. The predicted octanol–water partition coefficient (Wildman–Crippen LogP) is 6.02. The first-order valence-corrected chi connectivity index (χ1v) is 14.1. The minimum absolute atomic E-state index is 0.175. The van der Waals surface area contributed by atoms with Crippen molar-refractivity contribution in [1.29, 1.82) is 0 Å². The number of alkyl halides is 3. The molecule has 0 unspecified atom stereocenters. The van der Waals surface area contributed by atoms with E-state index in [9.17, 15) is 27.9 Å². The van der Waals surface area contributed by atoms with E-state index in [0.717, 1.165) is 17.7 Å². The average molecular weight is 613 g/mol. The summed E-state index contributed by atoms with van der Waals surface area (Å²) in [5.74, 6) is 0.0641. The molecule has 1 aliphatic heterocycles. The van der Waals surface area contributed by atoms with E-state index >= 15 is 0 Å². The molecule has 234 valence electrons. The van der Waals surface area contributed by atoms with E-state index in [1.165, 1.54) is 18.3 Å². The molecule has 4 rings (SSSR count). The number of amides is 2. The number of nitrogens with zero attached hydrogens (tertiary/aromatic N) is 2. The van der Waals surface area contributed by atoms with Gasteiger partial charge in [-0.1, -0.05) is 36.4 Å². The third kappa shape index (κ3) is 8.42. The lowest BCUT2D eigenvalue weighted by molar-refractivity contribution is -0.137. The van der Waals surface area contributed by atoms with Gasteiger partial charge in [0.05, 0.1) is 37.5 Å². The number of carbonyl (C=O) groups excluding carboxylic acids is 2. The molecule has 0 saturated heterocycles. The van der Waals surface area contributed by atoms with Gasteiger partial charge in [0.15, 0.2) is 5.82 Å². The number of benzene rings is 2. The maximum Gasteiger partial charge on any atom is 0.416 e. The lowest BCUT2D eigenvalue weighted by Crippen LogP contribution is -2.36. The Labute approximate surface area is 253 Å². The molecular formula is C32H35F3N4O5. The van der Waals surface area contributed by atoms with Gasteiger partial charge in [-0.3, -0.25) is 4.79 Å². The van der Waals surface area contributed by atoms with Gasteiger partial charge in [-0.2, -0.15) is 13.2 Å². The van der Waals surface area contributed by atoms with Crippen molar-refractivity contribution in [3.8, 4) is 11.1 Å². The molecule has 0 bridgehead atoms. The fraction of sp³-hybridized carbons (Fsp3) is 0.375. The highest BCUT2D eigenvalue weighted by atomic mass is 19.4. The van der Waals surface area contributed by atoms with Crippen LogP contribution in [-0.4, -0.2) is 52.5 Å². The highest BCUT2D eigenvalue weighted by molar-refractivity contribution is 5.92. The van der Waals surface area contributed by atoms with Crippen LogP contribution < -0.4 is 10.6 Å². The van der Waals surface area contributed by atoms with Crippen molar-refractivity contribution < 1.29 is 37.3 Å². The average Bonchev–Trinajstić information content (AvgIpc) is 2.99. The van der Waals surface area contributed by atoms with Crippen LogP contribution in [0.5, 0.6) is 0 Å². The van der Waals surface area contributed by atoms with Crippen molar-refractivity contribution in [3.63, 3.8) is 0 Å². The van der Waals surface area contributed by atoms with Crippen molar-refractivity contribution in [3.05, 3.63) is 89.0 Å². The summed E-state index contributed by atoms with van der Waals surface area (Å²) < 4.78 is 51.6. The summed E-state index contributed by atoms with van der Waals surface area (Å²) in [6, 6.07) is 9.78. The van der Waals surface area contributed by atoms with Crippen LogP contribution >= 0.6 is 0 Å². The highest BCUT2D eigenvalue weighted by Gasteiger charge is 2.32. The van der Waals surface area contributed by atoms with Gasteiger partial charge in [-0.15, -0.1) is 0 Å². The van der Waals surface area contributed by atoms with Crippen LogP contribution in [0.1, 0.15) is 79.2 Å². The molecule has 2 atom stereocenters. The molecule has 0 saturated carbocycles. The van der Waals surface area contributed by atoms with Crippen molar-refractivity contribution in [2.45, 2.75) is 58.0 Å². The van der Waals surface area contributed by atoms with Gasteiger partial charge in [0.25, 0.3) is 5.91 Å².